The van der Waals surface area contributed by atoms with Crippen LogP contribution in [0, 0.1) is 11.6 Å². The van der Waals surface area contributed by atoms with Gasteiger partial charge in [0.2, 0.25) is 0 Å². The lowest BCUT2D eigenvalue weighted by Crippen LogP contribution is -1.99. The van der Waals surface area contributed by atoms with Crippen molar-refractivity contribution in [1.29, 1.82) is 0 Å². The highest BCUT2D eigenvalue weighted by Gasteiger charge is 2.18. The molecule has 0 spiro atoms. The van der Waals surface area contributed by atoms with E-state index in [0.29, 0.717) is 16.3 Å². The van der Waals surface area contributed by atoms with Gasteiger partial charge in [0.05, 0.1) is 22.0 Å². The van der Waals surface area contributed by atoms with Crippen LogP contribution in [0.5, 0.6) is 5.75 Å². The normalized spacial score (nSPS) is 12.3. The highest BCUT2D eigenvalue weighted by atomic mass is 79.9. The van der Waals surface area contributed by atoms with Crippen LogP contribution in [-0.2, 0) is 0 Å². The molecule has 0 saturated carbocycles. The third kappa shape index (κ3) is 3.08. The number of halogens is 5. The molecule has 1 nitrogen and oxygen atoms in total. The SMILES string of the molecule is COc1ccc(C(Br)c2cc(F)c(Cl)cc2F)cc1Cl. The predicted molar refractivity (Wildman–Crippen MR) is 80.1 cm³/mol. The Morgan fingerprint density at radius 2 is 1.75 bits per heavy atom. The summed E-state index contributed by atoms with van der Waals surface area (Å²) in [5.41, 5.74) is 0.824. The van der Waals surface area contributed by atoms with Gasteiger partial charge in [-0.15, -0.1) is 0 Å². The Morgan fingerprint density at radius 1 is 1.05 bits per heavy atom. The molecule has 6 heteroatoms. The Morgan fingerprint density at radius 3 is 2.35 bits per heavy atom. The van der Waals surface area contributed by atoms with Crippen LogP contribution in [0.2, 0.25) is 10.0 Å². The molecule has 0 aliphatic heterocycles. The van der Waals surface area contributed by atoms with E-state index < -0.39 is 16.5 Å². The summed E-state index contributed by atoms with van der Waals surface area (Å²) in [6.45, 7) is 0. The highest BCUT2D eigenvalue weighted by Crippen LogP contribution is 2.37. The van der Waals surface area contributed by atoms with E-state index in [2.05, 4.69) is 15.9 Å². The first kappa shape index (κ1) is 15.5. The predicted octanol–water partition coefficient (Wildman–Crippen LogP) is 5.76. The maximum absolute atomic E-state index is 13.9. The molecule has 2 rings (SSSR count). The van der Waals surface area contributed by atoms with E-state index in [1.54, 1.807) is 18.2 Å². The van der Waals surface area contributed by atoms with Crippen molar-refractivity contribution < 1.29 is 13.5 Å². The molecule has 0 saturated heterocycles. The van der Waals surface area contributed by atoms with Gasteiger partial charge in [0.25, 0.3) is 0 Å². The van der Waals surface area contributed by atoms with Crippen LogP contribution in [0.4, 0.5) is 8.78 Å². The molecule has 1 unspecified atom stereocenters. The molecule has 106 valence electrons. The molecule has 0 heterocycles. The lowest BCUT2D eigenvalue weighted by molar-refractivity contribution is 0.415. The van der Waals surface area contributed by atoms with Crippen molar-refractivity contribution in [2.24, 2.45) is 0 Å². The van der Waals surface area contributed by atoms with Gasteiger partial charge in [-0.1, -0.05) is 45.2 Å². The number of rotatable bonds is 3. The Labute approximate surface area is 133 Å². The second kappa shape index (κ2) is 6.29. The van der Waals surface area contributed by atoms with Crippen LogP contribution in [0.25, 0.3) is 0 Å². The summed E-state index contributed by atoms with van der Waals surface area (Å²) in [4.78, 5) is -0.544. The first-order valence-electron chi connectivity index (χ1n) is 5.56. The molecule has 20 heavy (non-hydrogen) atoms. The molecule has 0 N–H and O–H groups in total. The van der Waals surface area contributed by atoms with Crippen molar-refractivity contribution in [3.63, 3.8) is 0 Å². The van der Waals surface area contributed by atoms with Gasteiger partial charge < -0.3 is 4.74 Å². The third-order valence-corrected chi connectivity index (χ3v) is 4.39. The average Bonchev–Trinajstić information content (AvgIpc) is 2.42. The van der Waals surface area contributed by atoms with Gasteiger partial charge in [0.1, 0.15) is 17.4 Å². The highest BCUT2D eigenvalue weighted by molar-refractivity contribution is 9.09. The van der Waals surface area contributed by atoms with Gasteiger partial charge in [-0.05, 0) is 29.8 Å². The standard InChI is InChI=1S/C14H9BrCl2F2O/c1-20-13-3-2-7(4-10(13)17)14(15)8-5-12(19)9(16)6-11(8)18/h2-6,14H,1H3. The summed E-state index contributed by atoms with van der Waals surface area (Å²) in [5, 5.41) is 0.142. The van der Waals surface area contributed by atoms with Crippen molar-refractivity contribution in [1.82, 2.24) is 0 Å². The summed E-state index contributed by atoms with van der Waals surface area (Å²) in [7, 11) is 1.50. The van der Waals surface area contributed by atoms with E-state index >= 15 is 0 Å². The van der Waals surface area contributed by atoms with Gasteiger partial charge in [0.15, 0.2) is 0 Å². The quantitative estimate of drug-likeness (QED) is 0.484. The van der Waals surface area contributed by atoms with Crippen molar-refractivity contribution in [3.8, 4) is 5.75 Å². The van der Waals surface area contributed by atoms with Gasteiger partial charge in [0, 0.05) is 5.56 Å². The molecule has 0 radical (unpaired) electrons. The first-order valence-corrected chi connectivity index (χ1v) is 7.23. The lowest BCUT2D eigenvalue weighted by Gasteiger charge is -2.14. The van der Waals surface area contributed by atoms with Crippen LogP contribution in [-0.4, -0.2) is 7.11 Å². The number of alkyl halides is 1. The van der Waals surface area contributed by atoms with Crippen LogP contribution < -0.4 is 4.74 Å². The van der Waals surface area contributed by atoms with E-state index in [1.807, 2.05) is 0 Å². The smallest absolute Gasteiger partial charge is 0.142 e. The molecule has 0 aromatic heterocycles. The van der Waals surface area contributed by atoms with E-state index in [-0.39, 0.29) is 10.6 Å². The van der Waals surface area contributed by atoms with Gasteiger partial charge >= 0.3 is 0 Å². The number of benzene rings is 2. The molecular weight excluding hydrogens is 373 g/mol. The zero-order valence-electron chi connectivity index (χ0n) is 10.3. The third-order valence-electron chi connectivity index (χ3n) is 2.78. The fraction of sp³-hybridized carbons (Fsp3) is 0.143. The van der Waals surface area contributed by atoms with Crippen molar-refractivity contribution in [2.45, 2.75) is 4.83 Å². The monoisotopic (exact) mass is 380 g/mol. The maximum Gasteiger partial charge on any atom is 0.142 e. The van der Waals surface area contributed by atoms with Crippen LogP contribution in [0.1, 0.15) is 16.0 Å². The minimum absolute atomic E-state index is 0.146. The van der Waals surface area contributed by atoms with E-state index in [1.165, 1.54) is 7.11 Å². The summed E-state index contributed by atoms with van der Waals surface area (Å²) in [6.07, 6.45) is 0. The number of methoxy groups -OCH3 is 1. The molecule has 0 aliphatic carbocycles. The Balaban J connectivity index is 2.43. The Kier molecular flexibility index (Phi) is 4.89. The van der Waals surface area contributed by atoms with Crippen LogP contribution >= 0.6 is 39.1 Å². The fourth-order valence-corrected chi connectivity index (χ4v) is 2.80. The summed E-state index contributed by atoms with van der Waals surface area (Å²) < 4.78 is 32.4. The second-order valence-corrected chi connectivity index (χ2v) is 5.77. The number of hydrogen-bond donors (Lipinski definition) is 0. The summed E-state index contributed by atoms with van der Waals surface area (Å²) in [5.74, 6) is -0.754. The van der Waals surface area contributed by atoms with Crippen molar-refractivity contribution >= 4 is 39.1 Å². The number of ether oxygens (including phenoxy) is 1. The maximum atomic E-state index is 13.9. The zero-order valence-corrected chi connectivity index (χ0v) is 13.4. The van der Waals surface area contributed by atoms with Gasteiger partial charge in [-0.3, -0.25) is 0 Å². The van der Waals surface area contributed by atoms with Crippen molar-refractivity contribution in [2.75, 3.05) is 7.11 Å². The first-order chi connectivity index (χ1) is 9.43. The molecule has 2 aromatic carbocycles. The summed E-state index contributed by atoms with van der Waals surface area (Å²) in [6, 6.07) is 7.03. The molecule has 2 aromatic rings. The molecule has 0 aliphatic rings. The van der Waals surface area contributed by atoms with E-state index in [9.17, 15) is 8.78 Å². The van der Waals surface area contributed by atoms with Crippen LogP contribution in [0.3, 0.4) is 0 Å². The molecule has 0 fully saturated rings. The number of hydrogen-bond acceptors (Lipinski definition) is 1. The van der Waals surface area contributed by atoms with Gasteiger partial charge in [-0.25, -0.2) is 8.78 Å². The zero-order chi connectivity index (χ0) is 14.9. The topological polar surface area (TPSA) is 9.23 Å². The summed E-state index contributed by atoms with van der Waals surface area (Å²) >= 11 is 14.9. The largest absolute Gasteiger partial charge is 0.495 e. The fourth-order valence-electron chi connectivity index (χ4n) is 1.75. The second-order valence-electron chi connectivity index (χ2n) is 4.04. The van der Waals surface area contributed by atoms with E-state index in [0.717, 1.165) is 12.1 Å². The van der Waals surface area contributed by atoms with Gasteiger partial charge in [-0.2, -0.15) is 0 Å². The minimum Gasteiger partial charge on any atom is -0.495 e. The molecule has 1 atom stereocenters. The lowest BCUT2D eigenvalue weighted by atomic mass is 10.0. The Hall–Kier alpha value is -0.840. The Bertz CT molecular complexity index is 649. The van der Waals surface area contributed by atoms with E-state index in [4.69, 9.17) is 27.9 Å². The molecular formula is C14H9BrCl2F2O. The average molecular weight is 382 g/mol. The van der Waals surface area contributed by atoms with Crippen molar-refractivity contribution in [3.05, 3.63) is 63.1 Å². The van der Waals surface area contributed by atoms with Crippen LogP contribution in [0.15, 0.2) is 30.3 Å². The molecule has 0 amide bonds. The molecule has 0 bridgehead atoms. The minimum atomic E-state index is -0.674.